The summed E-state index contributed by atoms with van der Waals surface area (Å²) in [5, 5.41) is 2.70. The molecule has 0 aromatic carbocycles. The number of nitrogens with one attached hydrogen (secondary N) is 1. The van der Waals surface area contributed by atoms with Gasteiger partial charge in [0.15, 0.2) is 35.6 Å². The number of phosphoric acid groups is 1. The molecule has 0 bridgehead atoms. The quantitative estimate of drug-likeness (QED) is 0.234. The Balaban J connectivity index is 0.00000204. The van der Waals surface area contributed by atoms with Crippen molar-refractivity contribution in [3.8, 4) is 0 Å². The topological polar surface area (TPSA) is 198 Å². The number of carbonyl (C=O) groups is 2. The minimum Gasteiger partial charge on any atom is -0.756 e. The molecule has 1 unspecified atom stereocenters. The zero-order chi connectivity index (χ0) is 22.9. The van der Waals surface area contributed by atoms with E-state index < -0.39 is 38.3 Å². The molecule has 4 rings (SSSR count). The van der Waals surface area contributed by atoms with Crippen molar-refractivity contribution in [3.63, 3.8) is 0 Å². The van der Waals surface area contributed by atoms with Crippen LogP contribution in [0.3, 0.4) is 0 Å². The summed E-state index contributed by atoms with van der Waals surface area (Å²) in [6, 6.07) is 0. The van der Waals surface area contributed by atoms with Gasteiger partial charge in [-0.2, -0.15) is 0 Å². The van der Waals surface area contributed by atoms with Crippen molar-refractivity contribution in [2.24, 2.45) is 5.92 Å². The Morgan fingerprint density at radius 1 is 1.26 bits per heavy atom. The number of aromatic nitrogens is 4. The molecule has 16 heteroatoms. The second-order valence-corrected chi connectivity index (χ2v) is 8.82. The number of anilines is 1. The monoisotopic (exact) mass is 509 g/mol. The van der Waals surface area contributed by atoms with Gasteiger partial charge in [0.25, 0.3) is 7.82 Å². The van der Waals surface area contributed by atoms with Gasteiger partial charge in [-0.15, -0.1) is 0 Å². The van der Waals surface area contributed by atoms with Gasteiger partial charge in [-0.05, 0) is 12.8 Å². The molecule has 5 atom stereocenters. The number of hydrogen-bond acceptors (Lipinski definition) is 11. The van der Waals surface area contributed by atoms with Crippen molar-refractivity contribution in [3.05, 3.63) is 12.7 Å². The third-order valence-electron chi connectivity index (χ3n) is 5.07. The first-order valence-electron chi connectivity index (χ1n) is 10.3. The van der Waals surface area contributed by atoms with Crippen LogP contribution in [0.4, 0.5) is 5.82 Å². The van der Waals surface area contributed by atoms with Gasteiger partial charge in [0, 0.05) is 12.8 Å². The molecule has 4 heterocycles. The van der Waals surface area contributed by atoms with Crippen molar-refractivity contribution < 1.29 is 72.6 Å². The molecule has 0 saturated carbocycles. The first kappa shape index (κ1) is 28.8. The van der Waals surface area contributed by atoms with Crippen molar-refractivity contribution in [1.82, 2.24) is 19.5 Å². The third-order valence-corrected chi connectivity index (χ3v) is 6.01. The molecule has 182 valence electrons. The Hall–Kier alpha value is -1.48. The maximum atomic E-state index is 12.2. The predicted octanol–water partition coefficient (Wildman–Crippen LogP) is -2.56. The van der Waals surface area contributed by atoms with E-state index in [2.05, 4.69) is 20.3 Å². The van der Waals surface area contributed by atoms with Crippen molar-refractivity contribution in [2.45, 2.75) is 58.2 Å². The van der Waals surface area contributed by atoms with Gasteiger partial charge >= 0.3 is 35.5 Å². The fraction of sp³-hybridized carbons (Fsp3) is 0.611. The fourth-order valence-corrected chi connectivity index (χ4v) is 4.51. The molecule has 14 nitrogen and oxygen atoms in total. The van der Waals surface area contributed by atoms with E-state index >= 15 is 0 Å². The van der Waals surface area contributed by atoms with Crippen LogP contribution in [0.5, 0.6) is 0 Å². The molecule has 0 aliphatic carbocycles. The summed E-state index contributed by atoms with van der Waals surface area (Å²) in [4.78, 5) is 48.6. The summed E-state index contributed by atoms with van der Waals surface area (Å²) in [7, 11) is -4.53. The van der Waals surface area contributed by atoms with Crippen LogP contribution in [0.25, 0.3) is 11.2 Å². The Kier molecular flexibility index (Phi) is 10.1. The van der Waals surface area contributed by atoms with Gasteiger partial charge in [-0.1, -0.05) is 13.8 Å². The number of amides is 1. The van der Waals surface area contributed by atoms with Crippen LogP contribution in [0, 0.1) is 5.92 Å². The van der Waals surface area contributed by atoms with E-state index in [4.69, 9.17) is 18.5 Å². The summed E-state index contributed by atoms with van der Waals surface area (Å²) in [6.45, 7) is 3.46. The summed E-state index contributed by atoms with van der Waals surface area (Å²) >= 11 is 0. The number of hydrogen-bond donors (Lipinski definition) is 1. The van der Waals surface area contributed by atoms with Crippen LogP contribution in [-0.2, 0) is 32.7 Å². The Labute approximate surface area is 216 Å². The molecule has 2 saturated heterocycles. The third kappa shape index (κ3) is 6.01. The number of esters is 1. The van der Waals surface area contributed by atoms with E-state index in [1.807, 2.05) is 13.8 Å². The molecular weight excluding hydrogens is 484 g/mol. The van der Waals surface area contributed by atoms with E-state index in [9.17, 15) is 19.0 Å². The first-order chi connectivity index (χ1) is 15.3. The van der Waals surface area contributed by atoms with Crippen LogP contribution >= 0.6 is 7.82 Å². The molecule has 2 aromatic rings. The normalized spacial score (nSPS) is 27.9. The number of nitrogens with zero attached hydrogens (tertiary/aromatic N) is 4. The molecular formula is C18H25N5NaO9P. The molecule has 3 N–H and O–H groups in total. The van der Waals surface area contributed by atoms with Gasteiger partial charge < -0.3 is 29.7 Å². The van der Waals surface area contributed by atoms with E-state index in [1.165, 1.54) is 17.2 Å². The smallest absolute Gasteiger partial charge is 0.756 e. The molecule has 0 spiro atoms. The Morgan fingerprint density at radius 3 is 2.71 bits per heavy atom. The zero-order valence-electron chi connectivity index (χ0n) is 19.0. The summed E-state index contributed by atoms with van der Waals surface area (Å²) < 4.78 is 34.4. The van der Waals surface area contributed by atoms with Crippen molar-refractivity contribution >= 4 is 36.7 Å². The van der Waals surface area contributed by atoms with Gasteiger partial charge in [0.2, 0.25) is 5.91 Å². The second kappa shape index (κ2) is 12.0. The number of rotatable bonds is 7. The number of carbonyl (C=O) groups excluding carboxylic acids is 2. The average Bonchev–Trinajstić information content (AvgIpc) is 3.29. The second-order valence-electron chi connectivity index (χ2n) is 7.46. The minimum atomic E-state index is -4.53. The number of imidazole rings is 1. The standard InChI is InChI=1S/C18H24N5O8P.Na.H2O/c1-3-5-11(24)22-15-13-16(20-8-19-15)23(9-21-13)17-14(29-12(25)6-4-2)10-7-28-32(26,27)31-18(10)30-17;;/h8-10,14,17-18H,3-7H2,1-2H3,(H,26,27)(H,19,20,22,24);;1H2/q;+1;/p-1/t10-,14+,17+,18+;;/m0../s1. The molecule has 1 amide bonds. The minimum absolute atomic E-state index is 0. The predicted molar refractivity (Wildman–Crippen MR) is 109 cm³/mol. The Bertz CT molecular complexity index is 1070. The molecule has 2 fully saturated rings. The van der Waals surface area contributed by atoms with Gasteiger partial charge in [-0.3, -0.25) is 23.2 Å². The number of ether oxygens (including phenoxy) is 2. The van der Waals surface area contributed by atoms with E-state index in [0.29, 0.717) is 30.4 Å². The SMILES string of the molecule is CCCC(=O)Nc1ncnc2c1ncn2[C@@H]1O[C@@H]2OP(=O)([O-])OC[C@H]2[C@H]1OC(=O)CCC.O.[Na+]. The average molecular weight is 509 g/mol. The summed E-state index contributed by atoms with van der Waals surface area (Å²) in [6.07, 6.45) is 1.32. The van der Waals surface area contributed by atoms with Crippen molar-refractivity contribution in [2.75, 3.05) is 11.9 Å². The van der Waals surface area contributed by atoms with Gasteiger partial charge in [0.1, 0.15) is 6.33 Å². The van der Waals surface area contributed by atoms with Crippen LogP contribution in [0.1, 0.15) is 45.8 Å². The summed E-state index contributed by atoms with van der Waals surface area (Å²) in [5.41, 5.74) is 0.610. The molecule has 2 aromatic heterocycles. The number of phosphoric ester groups is 1. The van der Waals surface area contributed by atoms with E-state index in [-0.39, 0.29) is 59.8 Å². The molecule has 2 aliphatic heterocycles. The largest absolute Gasteiger partial charge is 1.00 e. The molecule has 0 radical (unpaired) electrons. The van der Waals surface area contributed by atoms with Crippen LogP contribution < -0.4 is 39.8 Å². The Morgan fingerprint density at radius 2 is 2.00 bits per heavy atom. The van der Waals surface area contributed by atoms with Crippen LogP contribution in [0.15, 0.2) is 12.7 Å². The van der Waals surface area contributed by atoms with Gasteiger partial charge in [-0.25, -0.2) is 15.0 Å². The zero-order valence-corrected chi connectivity index (χ0v) is 21.9. The van der Waals surface area contributed by atoms with Crippen molar-refractivity contribution in [1.29, 1.82) is 0 Å². The van der Waals surface area contributed by atoms with E-state index in [0.717, 1.165) is 0 Å². The maximum Gasteiger partial charge on any atom is 1.00 e. The summed E-state index contributed by atoms with van der Waals surface area (Å²) in [5.74, 6) is -1.13. The van der Waals surface area contributed by atoms with Crippen LogP contribution in [0.2, 0.25) is 0 Å². The number of fused-ring (bicyclic) bond motifs is 2. The molecule has 2 aliphatic rings. The van der Waals surface area contributed by atoms with E-state index in [1.54, 1.807) is 0 Å². The fourth-order valence-electron chi connectivity index (χ4n) is 3.63. The van der Waals surface area contributed by atoms with Crippen LogP contribution in [-0.4, -0.2) is 55.9 Å². The maximum absolute atomic E-state index is 12.2. The molecule has 34 heavy (non-hydrogen) atoms. The van der Waals surface area contributed by atoms with Gasteiger partial charge in [0.05, 0.1) is 18.9 Å². The first-order valence-corrected chi connectivity index (χ1v) is 11.7.